The molecule has 1 aliphatic rings. The minimum absolute atomic E-state index is 0.207. The Labute approximate surface area is 99.0 Å². The van der Waals surface area contributed by atoms with Gasteiger partial charge in [0, 0.05) is 11.9 Å². The molecule has 0 bridgehead atoms. The number of carbonyl (C=O) groups is 1. The summed E-state index contributed by atoms with van der Waals surface area (Å²) in [5.41, 5.74) is 0.793. The summed E-state index contributed by atoms with van der Waals surface area (Å²) in [5, 5.41) is 6.10. The molecule has 0 spiro atoms. The van der Waals surface area contributed by atoms with Crippen LogP contribution in [0.2, 0.25) is 0 Å². The van der Waals surface area contributed by atoms with Crippen LogP contribution >= 0.6 is 11.3 Å². The maximum atomic E-state index is 11.2. The average Bonchev–Trinajstić information content (AvgIpc) is 2.98. The van der Waals surface area contributed by atoms with E-state index in [1.54, 1.807) is 11.3 Å². The van der Waals surface area contributed by atoms with E-state index >= 15 is 0 Å². The zero-order valence-electron chi connectivity index (χ0n) is 9.36. The summed E-state index contributed by atoms with van der Waals surface area (Å²) in [6.07, 6.45) is 2.93. The third-order valence-electron chi connectivity index (χ3n) is 2.42. The van der Waals surface area contributed by atoms with Gasteiger partial charge in [-0.1, -0.05) is 0 Å². The van der Waals surface area contributed by atoms with Crippen molar-refractivity contribution in [2.75, 3.05) is 18.5 Å². The van der Waals surface area contributed by atoms with Crippen LogP contribution < -0.4 is 5.32 Å². The highest BCUT2D eigenvalue weighted by molar-refractivity contribution is 7.13. The maximum absolute atomic E-state index is 11.2. The Morgan fingerprint density at radius 2 is 2.50 bits per heavy atom. The molecule has 0 amide bonds. The molecule has 5 heteroatoms. The lowest BCUT2D eigenvalue weighted by Crippen LogP contribution is -2.08. The number of ether oxygens (including phenoxy) is 1. The fourth-order valence-corrected chi connectivity index (χ4v) is 2.10. The van der Waals surface area contributed by atoms with E-state index < -0.39 is 0 Å². The Morgan fingerprint density at radius 1 is 1.69 bits per heavy atom. The van der Waals surface area contributed by atoms with E-state index in [4.69, 9.17) is 4.74 Å². The topological polar surface area (TPSA) is 51.2 Å². The monoisotopic (exact) mass is 240 g/mol. The first-order valence-corrected chi connectivity index (χ1v) is 6.49. The average molecular weight is 240 g/mol. The van der Waals surface area contributed by atoms with Crippen molar-refractivity contribution in [2.24, 2.45) is 5.92 Å². The van der Waals surface area contributed by atoms with Gasteiger partial charge in [-0.3, -0.25) is 4.79 Å². The van der Waals surface area contributed by atoms with Crippen molar-refractivity contribution >= 4 is 22.4 Å². The Morgan fingerprint density at radius 3 is 3.19 bits per heavy atom. The van der Waals surface area contributed by atoms with Crippen LogP contribution in [0.3, 0.4) is 0 Å². The van der Waals surface area contributed by atoms with Gasteiger partial charge in [-0.05, 0) is 25.7 Å². The molecule has 1 aromatic rings. The summed E-state index contributed by atoms with van der Waals surface area (Å²) in [5.74, 6) is 0.624. The SMILES string of the molecule is CCOC(=O)Cc1csc(NCC2CC2)n1. The van der Waals surface area contributed by atoms with Crippen LogP contribution in [0.1, 0.15) is 25.5 Å². The van der Waals surface area contributed by atoms with Gasteiger partial charge in [0.15, 0.2) is 5.13 Å². The Balaban J connectivity index is 1.78. The predicted molar refractivity (Wildman–Crippen MR) is 63.7 cm³/mol. The lowest BCUT2D eigenvalue weighted by Gasteiger charge is -1.99. The first kappa shape index (κ1) is 11.4. The smallest absolute Gasteiger partial charge is 0.311 e. The van der Waals surface area contributed by atoms with E-state index in [9.17, 15) is 4.79 Å². The van der Waals surface area contributed by atoms with Gasteiger partial charge >= 0.3 is 5.97 Å². The highest BCUT2D eigenvalue weighted by Crippen LogP contribution is 2.29. The highest BCUT2D eigenvalue weighted by atomic mass is 32.1. The van der Waals surface area contributed by atoms with Gasteiger partial charge < -0.3 is 10.1 Å². The second-order valence-corrected chi connectivity index (χ2v) is 4.81. The molecule has 88 valence electrons. The van der Waals surface area contributed by atoms with Crippen molar-refractivity contribution in [3.63, 3.8) is 0 Å². The predicted octanol–water partition coefficient (Wildman–Crippen LogP) is 2.07. The molecule has 0 radical (unpaired) electrons. The zero-order valence-corrected chi connectivity index (χ0v) is 10.2. The summed E-state index contributed by atoms with van der Waals surface area (Å²) in [4.78, 5) is 15.6. The summed E-state index contributed by atoms with van der Waals surface area (Å²) in [7, 11) is 0. The van der Waals surface area contributed by atoms with E-state index in [0.717, 1.165) is 23.3 Å². The Hall–Kier alpha value is -1.10. The van der Waals surface area contributed by atoms with Crippen molar-refractivity contribution < 1.29 is 9.53 Å². The number of rotatable bonds is 6. The zero-order chi connectivity index (χ0) is 11.4. The van der Waals surface area contributed by atoms with E-state index in [1.807, 2.05) is 12.3 Å². The molecule has 0 unspecified atom stereocenters. The van der Waals surface area contributed by atoms with Crippen molar-refractivity contribution in [1.29, 1.82) is 0 Å². The Bertz CT molecular complexity index is 361. The molecular weight excluding hydrogens is 224 g/mol. The molecular formula is C11H16N2O2S. The fourth-order valence-electron chi connectivity index (χ4n) is 1.38. The number of aromatic nitrogens is 1. The quantitative estimate of drug-likeness (QED) is 0.773. The van der Waals surface area contributed by atoms with Crippen LogP contribution in [0.5, 0.6) is 0 Å². The molecule has 1 fully saturated rings. The first-order valence-electron chi connectivity index (χ1n) is 5.62. The van der Waals surface area contributed by atoms with Crippen LogP contribution in [-0.2, 0) is 16.0 Å². The summed E-state index contributed by atoms with van der Waals surface area (Å²) in [6, 6.07) is 0. The number of nitrogens with zero attached hydrogens (tertiary/aromatic N) is 1. The standard InChI is InChI=1S/C11H16N2O2S/c1-2-15-10(14)5-9-7-16-11(13-9)12-6-8-3-4-8/h7-8H,2-6H2,1H3,(H,12,13). The number of hydrogen-bond donors (Lipinski definition) is 1. The lowest BCUT2D eigenvalue weighted by atomic mass is 10.3. The van der Waals surface area contributed by atoms with Gasteiger partial charge in [0.1, 0.15) is 0 Å². The molecule has 0 aromatic carbocycles. The van der Waals surface area contributed by atoms with Crippen LogP contribution in [-0.4, -0.2) is 24.1 Å². The number of hydrogen-bond acceptors (Lipinski definition) is 5. The van der Waals surface area contributed by atoms with Gasteiger partial charge in [-0.15, -0.1) is 11.3 Å². The minimum Gasteiger partial charge on any atom is -0.466 e. The van der Waals surface area contributed by atoms with E-state index in [-0.39, 0.29) is 12.4 Å². The van der Waals surface area contributed by atoms with Gasteiger partial charge in [-0.2, -0.15) is 0 Å². The van der Waals surface area contributed by atoms with E-state index in [0.29, 0.717) is 6.61 Å². The van der Waals surface area contributed by atoms with Crippen molar-refractivity contribution in [3.8, 4) is 0 Å². The van der Waals surface area contributed by atoms with Gasteiger partial charge in [0.05, 0.1) is 18.7 Å². The highest BCUT2D eigenvalue weighted by Gasteiger charge is 2.21. The van der Waals surface area contributed by atoms with Crippen LogP contribution in [0.4, 0.5) is 5.13 Å². The maximum Gasteiger partial charge on any atom is 0.311 e. The van der Waals surface area contributed by atoms with Crippen LogP contribution in [0.25, 0.3) is 0 Å². The molecule has 1 aliphatic carbocycles. The van der Waals surface area contributed by atoms with Crippen molar-refractivity contribution in [2.45, 2.75) is 26.2 Å². The normalized spacial score (nSPS) is 14.8. The van der Waals surface area contributed by atoms with E-state index in [1.165, 1.54) is 12.8 Å². The van der Waals surface area contributed by atoms with Crippen LogP contribution in [0, 0.1) is 5.92 Å². The number of carbonyl (C=O) groups excluding carboxylic acids is 1. The summed E-state index contributed by atoms with van der Waals surface area (Å²) in [6.45, 7) is 3.24. The summed E-state index contributed by atoms with van der Waals surface area (Å²) >= 11 is 1.55. The number of nitrogens with one attached hydrogen (secondary N) is 1. The number of thiazole rings is 1. The molecule has 2 rings (SSSR count). The molecule has 0 atom stereocenters. The number of anilines is 1. The van der Waals surface area contributed by atoms with Crippen molar-refractivity contribution in [3.05, 3.63) is 11.1 Å². The van der Waals surface area contributed by atoms with Crippen molar-refractivity contribution in [1.82, 2.24) is 4.98 Å². The van der Waals surface area contributed by atoms with Gasteiger partial charge in [-0.25, -0.2) is 4.98 Å². The molecule has 1 aromatic heterocycles. The molecule has 1 saturated carbocycles. The first-order chi connectivity index (χ1) is 7.78. The molecule has 1 N–H and O–H groups in total. The second kappa shape index (κ2) is 5.30. The third kappa shape index (κ3) is 3.48. The second-order valence-electron chi connectivity index (χ2n) is 3.95. The largest absolute Gasteiger partial charge is 0.466 e. The minimum atomic E-state index is -0.207. The number of esters is 1. The van der Waals surface area contributed by atoms with Gasteiger partial charge in [0.2, 0.25) is 0 Å². The molecule has 16 heavy (non-hydrogen) atoms. The van der Waals surface area contributed by atoms with Gasteiger partial charge in [0.25, 0.3) is 0 Å². The molecule has 0 saturated heterocycles. The Kier molecular flexibility index (Phi) is 3.77. The van der Waals surface area contributed by atoms with E-state index in [2.05, 4.69) is 10.3 Å². The molecule has 0 aliphatic heterocycles. The third-order valence-corrected chi connectivity index (χ3v) is 3.27. The van der Waals surface area contributed by atoms with Crippen LogP contribution in [0.15, 0.2) is 5.38 Å². The summed E-state index contributed by atoms with van der Waals surface area (Å²) < 4.78 is 4.87. The fraction of sp³-hybridized carbons (Fsp3) is 0.636. The molecule has 4 nitrogen and oxygen atoms in total. The lowest BCUT2D eigenvalue weighted by molar-refractivity contribution is -0.142. The molecule has 1 heterocycles.